The molecule has 0 atom stereocenters. The number of anilines is 2. The Morgan fingerprint density at radius 2 is 1.86 bits per heavy atom. The van der Waals surface area contributed by atoms with Gasteiger partial charge in [0.05, 0.1) is 12.1 Å². The Kier molecular flexibility index (Phi) is 4.83. The van der Waals surface area contributed by atoms with E-state index in [9.17, 15) is 9.18 Å². The number of hydrogen-bond donors (Lipinski definition) is 1. The summed E-state index contributed by atoms with van der Waals surface area (Å²) < 4.78 is 15.0. The maximum absolute atomic E-state index is 13.1. The van der Waals surface area contributed by atoms with Gasteiger partial charge in [-0.15, -0.1) is 11.3 Å². The number of amides is 1. The topological polar surface area (TPSA) is 49.6 Å². The molecule has 28 heavy (non-hydrogen) atoms. The zero-order valence-corrected chi connectivity index (χ0v) is 16.3. The first kappa shape index (κ1) is 18.2. The Morgan fingerprint density at radius 1 is 1.14 bits per heavy atom. The molecule has 4 aromatic rings. The number of rotatable bonds is 5. The first-order chi connectivity index (χ1) is 13.5. The Hall–Kier alpha value is -3.19. The molecule has 0 aliphatic heterocycles. The van der Waals surface area contributed by atoms with Crippen LogP contribution < -0.4 is 10.2 Å². The lowest BCUT2D eigenvalue weighted by Gasteiger charge is -2.13. The van der Waals surface area contributed by atoms with Crippen LogP contribution in [0.15, 0.2) is 60.1 Å². The number of halogens is 1. The average Bonchev–Trinajstić information content (AvgIpc) is 3.25. The Morgan fingerprint density at radius 3 is 2.54 bits per heavy atom. The lowest BCUT2D eigenvalue weighted by atomic mass is 10.2. The van der Waals surface area contributed by atoms with E-state index in [1.54, 1.807) is 12.1 Å². The van der Waals surface area contributed by atoms with Gasteiger partial charge in [0.15, 0.2) is 4.96 Å². The molecular weight excluding hydrogens is 375 g/mol. The summed E-state index contributed by atoms with van der Waals surface area (Å²) in [4.78, 5) is 19.8. The summed E-state index contributed by atoms with van der Waals surface area (Å²) in [5, 5.41) is 4.86. The normalized spacial score (nSPS) is 11.0. The minimum atomic E-state index is -0.277. The third-order valence-electron chi connectivity index (χ3n) is 4.43. The zero-order chi connectivity index (χ0) is 19.7. The van der Waals surface area contributed by atoms with Gasteiger partial charge in [-0.05, 0) is 48.5 Å². The molecule has 0 fully saturated rings. The van der Waals surface area contributed by atoms with Crippen LogP contribution in [0.2, 0.25) is 0 Å². The Balaban J connectivity index is 1.49. The van der Waals surface area contributed by atoms with E-state index in [0.29, 0.717) is 0 Å². The molecule has 0 bridgehead atoms. The van der Waals surface area contributed by atoms with Crippen LogP contribution in [0.4, 0.5) is 15.8 Å². The number of nitrogens with one attached hydrogen (secondary N) is 1. The molecule has 2 aromatic carbocycles. The third kappa shape index (κ3) is 3.75. The van der Waals surface area contributed by atoms with Crippen molar-refractivity contribution in [3.8, 4) is 11.3 Å². The molecule has 0 radical (unpaired) electrons. The summed E-state index contributed by atoms with van der Waals surface area (Å²) in [6.07, 6.45) is 2.13. The standard InChI is InChI=1S/C21H19FN4OS/c1-25(2)17-9-7-16(8-10-17)23-20(27)11-18-13-28-21-24-19(12-26(18)21)14-3-5-15(22)6-4-14/h3-10,12-13H,11H2,1-2H3,(H,23,27). The van der Waals surface area contributed by atoms with Gasteiger partial charge >= 0.3 is 0 Å². The predicted octanol–water partition coefficient (Wildman–Crippen LogP) is 4.45. The number of carbonyl (C=O) groups is 1. The zero-order valence-electron chi connectivity index (χ0n) is 15.5. The molecule has 0 unspecified atom stereocenters. The highest BCUT2D eigenvalue weighted by Crippen LogP contribution is 2.24. The van der Waals surface area contributed by atoms with Crippen molar-refractivity contribution in [1.82, 2.24) is 9.38 Å². The summed E-state index contributed by atoms with van der Waals surface area (Å²) in [5.74, 6) is -0.366. The number of benzene rings is 2. The van der Waals surface area contributed by atoms with Gasteiger partial charge in [0.25, 0.3) is 0 Å². The molecular formula is C21H19FN4OS. The van der Waals surface area contributed by atoms with Crippen molar-refractivity contribution in [3.63, 3.8) is 0 Å². The lowest BCUT2D eigenvalue weighted by molar-refractivity contribution is -0.115. The fourth-order valence-corrected chi connectivity index (χ4v) is 3.80. The molecule has 0 saturated carbocycles. The van der Waals surface area contributed by atoms with Crippen LogP contribution in [-0.4, -0.2) is 29.4 Å². The van der Waals surface area contributed by atoms with Crippen LogP contribution in [0.1, 0.15) is 5.69 Å². The van der Waals surface area contributed by atoms with Gasteiger partial charge in [0.1, 0.15) is 5.82 Å². The molecule has 7 heteroatoms. The van der Waals surface area contributed by atoms with E-state index in [4.69, 9.17) is 0 Å². The summed E-state index contributed by atoms with van der Waals surface area (Å²) in [6.45, 7) is 0. The monoisotopic (exact) mass is 394 g/mol. The minimum Gasteiger partial charge on any atom is -0.378 e. The molecule has 5 nitrogen and oxygen atoms in total. The van der Waals surface area contributed by atoms with Crippen LogP contribution >= 0.6 is 11.3 Å². The summed E-state index contributed by atoms with van der Waals surface area (Å²) in [7, 11) is 3.95. The van der Waals surface area contributed by atoms with E-state index in [-0.39, 0.29) is 18.1 Å². The Labute approximate surface area is 166 Å². The number of carbonyl (C=O) groups excluding carboxylic acids is 1. The van der Waals surface area contributed by atoms with E-state index in [1.165, 1.54) is 23.5 Å². The molecule has 2 heterocycles. The van der Waals surface area contributed by atoms with Crippen molar-refractivity contribution in [1.29, 1.82) is 0 Å². The first-order valence-electron chi connectivity index (χ1n) is 8.78. The van der Waals surface area contributed by atoms with Gasteiger partial charge in [-0.3, -0.25) is 9.20 Å². The molecule has 0 spiro atoms. The second kappa shape index (κ2) is 7.44. The quantitative estimate of drug-likeness (QED) is 0.544. The number of thiazole rings is 1. The van der Waals surface area contributed by atoms with Crippen molar-refractivity contribution in [2.75, 3.05) is 24.3 Å². The SMILES string of the molecule is CN(C)c1ccc(NC(=O)Cc2csc3nc(-c4ccc(F)cc4)cn23)cc1. The number of nitrogens with zero attached hydrogens (tertiary/aromatic N) is 3. The smallest absolute Gasteiger partial charge is 0.230 e. The molecule has 1 amide bonds. The van der Waals surface area contributed by atoms with E-state index >= 15 is 0 Å². The van der Waals surface area contributed by atoms with E-state index in [2.05, 4.69) is 10.3 Å². The van der Waals surface area contributed by atoms with Crippen LogP contribution in [-0.2, 0) is 11.2 Å². The molecule has 4 rings (SSSR count). The summed E-state index contributed by atoms with van der Waals surface area (Å²) >= 11 is 1.48. The fraction of sp³-hybridized carbons (Fsp3) is 0.143. The summed E-state index contributed by atoms with van der Waals surface area (Å²) in [5.41, 5.74) is 4.30. The number of imidazole rings is 1. The van der Waals surface area contributed by atoms with Gasteiger partial charge in [-0.1, -0.05) is 0 Å². The highest BCUT2D eigenvalue weighted by atomic mass is 32.1. The first-order valence-corrected chi connectivity index (χ1v) is 9.66. The lowest BCUT2D eigenvalue weighted by Crippen LogP contribution is -2.15. The largest absolute Gasteiger partial charge is 0.378 e. The van der Waals surface area contributed by atoms with Crippen LogP contribution in [0, 0.1) is 5.82 Å². The average molecular weight is 394 g/mol. The van der Waals surface area contributed by atoms with Crippen molar-refractivity contribution in [2.45, 2.75) is 6.42 Å². The molecule has 0 aliphatic carbocycles. The molecule has 2 aromatic heterocycles. The van der Waals surface area contributed by atoms with E-state index in [1.807, 2.05) is 59.2 Å². The van der Waals surface area contributed by atoms with Gasteiger partial charge in [-0.2, -0.15) is 0 Å². The van der Waals surface area contributed by atoms with Crippen molar-refractivity contribution < 1.29 is 9.18 Å². The number of aromatic nitrogens is 2. The predicted molar refractivity (Wildman–Crippen MR) is 112 cm³/mol. The number of fused-ring (bicyclic) bond motifs is 1. The fourth-order valence-electron chi connectivity index (χ4n) is 2.93. The van der Waals surface area contributed by atoms with Gasteiger partial charge in [-0.25, -0.2) is 9.37 Å². The van der Waals surface area contributed by atoms with Crippen LogP contribution in [0.3, 0.4) is 0 Å². The van der Waals surface area contributed by atoms with Crippen molar-refractivity contribution >= 4 is 33.6 Å². The van der Waals surface area contributed by atoms with Crippen LogP contribution in [0.5, 0.6) is 0 Å². The van der Waals surface area contributed by atoms with Crippen molar-refractivity contribution in [3.05, 3.63) is 71.6 Å². The second-order valence-electron chi connectivity index (χ2n) is 6.68. The number of hydrogen-bond acceptors (Lipinski definition) is 4. The van der Waals surface area contributed by atoms with Crippen LogP contribution in [0.25, 0.3) is 16.2 Å². The highest BCUT2D eigenvalue weighted by molar-refractivity contribution is 7.15. The molecule has 142 valence electrons. The molecule has 0 saturated heterocycles. The van der Waals surface area contributed by atoms with E-state index in [0.717, 1.165) is 33.3 Å². The van der Waals surface area contributed by atoms with Gasteiger partial charge in [0, 0.05) is 48.3 Å². The maximum atomic E-state index is 13.1. The van der Waals surface area contributed by atoms with E-state index < -0.39 is 0 Å². The second-order valence-corrected chi connectivity index (χ2v) is 7.52. The molecule has 1 N–H and O–H groups in total. The summed E-state index contributed by atoms with van der Waals surface area (Å²) in [6, 6.07) is 13.9. The Bertz CT molecular complexity index is 1110. The minimum absolute atomic E-state index is 0.0886. The maximum Gasteiger partial charge on any atom is 0.230 e. The molecule has 0 aliphatic rings. The highest BCUT2D eigenvalue weighted by Gasteiger charge is 2.13. The van der Waals surface area contributed by atoms with Crippen molar-refractivity contribution in [2.24, 2.45) is 0 Å². The third-order valence-corrected chi connectivity index (χ3v) is 5.32. The van der Waals surface area contributed by atoms with Gasteiger partial charge in [0.2, 0.25) is 5.91 Å². The van der Waals surface area contributed by atoms with Gasteiger partial charge < -0.3 is 10.2 Å².